The van der Waals surface area contributed by atoms with E-state index in [0.29, 0.717) is 16.6 Å². The molecule has 0 spiro atoms. The Morgan fingerprint density at radius 2 is 2.00 bits per heavy atom. The smallest absolute Gasteiger partial charge is 0.149 e. The number of anilines is 1. The summed E-state index contributed by atoms with van der Waals surface area (Å²) >= 11 is 0. The summed E-state index contributed by atoms with van der Waals surface area (Å²) in [5.41, 5.74) is 8.33. The number of benzene rings is 1. The Morgan fingerprint density at radius 3 is 2.71 bits per heavy atom. The highest BCUT2D eigenvalue weighted by Crippen LogP contribution is 2.25. The lowest BCUT2D eigenvalue weighted by Gasteiger charge is -2.06. The van der Waals surface area contributed by atoms with Crippen LogP contribution in [0.2, 0.25) is 0 Å². The SMILES string of the molecule is Cc1ccc2c(N)c(C)cc(F)c2n1. The van der Waals surface area contributed by atoms with Crippen LogP contribution in [0.4, 0.5) is 10.1 Å². The molecule has 2 nitrogen and oxygen atoms in total. The van der Waals surface area contributed by atoms with Gasteiger partial charge in [-0.25, -0.2) is 9.37 Å². The molecule has 2 N–H and O–H groups in total. The van der Waals surface area contributed by atoms with E-state index >= 15 is 0 Å². The molecule has 3 heteroatoms. The zero-order chi connectivity index (χ0) is 10.3. The zero-order valence-electron chi connectivity index (χ0n) is 8.13. The van der Waals surface area contributed by atoms with Crippen LogP contribution in [0.25, 0.3) is 10.9 Å². The van der Waals surface area contributed by atoms with E-state index in [1.54, 1.807) is 6.92 Å². The maximum atomic E-state index is 13.5. The minimum Gasteiger partial charge on any atom is -0.398 e. The summed E-state index contributed by atoms with van der Waals surface area (Å²) in [6.45, 7) is 3.62. The van der Waals surface area contributed by atoms with Crippen molar-refractivity contribution in [2.75, 3.05) is 5.73 Å². The van der Waals surface area contributed by atoms with Crippen LogP contribution >= 0.6 is 0 Å². The number of nitrogens with two attached hydrogens (primary N) is 1. The van der Waals surface area contributed by atoms with Gasteiger partial charge in [0.2, 0.25) is 0 Å². The Balaban J connectivity index is 2.94. The van der Waals surface area contributed by atoms with Gasteiger partial charge in [-0.15, -0.1) is 0 Å². The van der Waals surface area contributed by atoms with Crippen LogP contribution in [0.3, 0.4) is 0 Å². The van der Waals surface area contributed by atoms with Crippen molar-refractivity contribution in [1.29, 1.82) is 0 Å². The Morgan fingerprint density at radius 1 is 1.29 bits per heavy atom. The molecule has 0 saturated heterocycles. The van der Waals surface area contributed by atoms with Gasteiger partial charge >= 0.3 is 0 Å². The first-order chi connectivity index (χ1) is 6.59. The Hall–Kier alpha value is -1.64. The molecule has 72 valence electrons. The van der Waals surface area contributed by atoms with E-state index in [2.05, 4.69) is 4.98 Å². The van der Waals surface area contributed by atoms with E-state index in [0.717, 1.165) is 11.3 Å². The molecule has 0 amide bonds. The van der Waals surface area contributed by atoms with Gasteiger partial charge in [0.15, 0.2) is 0 Å². The number of hydrogen-bond donors (Lipinski definition) is 1. The Bertz CT molecular complexity index is 506. The summed E-state index contributed by atoms with van der Waals surface area (Å²) in [6.07, 6.45) is 0. The van der Waals surface area contributed by atoms with Crippen molar-refractivity contribution in [3.63, 3.8) is 0 Å². The summed E-state index contributed by atoms with van der Waals surface area (Å²) in [7, 11) is 0. The summed E-state index contributed by atoms with van der Waals surface area (Å²) < 4.78 is 13.5. The van der Waals surface area contributed by atoms with Crippen molar-refractivity contribution in [1.82, 2.24) is 4.98 Å². The van der Waals surface area contributed by atoms with E-state index < -0.39 is 0 Å². The first-order valence-corrected chi connectivity index (χ1v) is 4.41. The Labute approximate surface area is 81.6 Å². The lowest BCUT2D eigenvalue weighted by molar-refractivity contribution is 0.635. The molecule has 1 aromatic heterocycles. The standard InChI is InChI=1S/C11H11FN2/c1-6-5-9(12)11-8(10(6)13)4-3-7(2)14-11/h3-5H,13H2,1-2H3. The molecular formula is C11H11FN2. The van der Waals surface area contributed by atoms with Gasteiger partial charge in [-0.2, -0.15) is 0 Å². The number of aryl methyl sites for hydroxylation is 2. The van der Waals surface area contributed by atoms with Crippen LogP contribution in [0, 0.1) is 19.7 Å². The quantitative estimate of drug-likeness (QED) is 0.648. The van der Waals surface area contributed by atoms with Crippen molar-refractivity contribution < 1.29 is 4.39 Å². The third-order valence-corrected chi connectivity index (χ3v) is 2.32. The average molecular weight is 190 g/mol. The van der Waals surface area contributed by atoms with Crippen LogP contribution in [0.5, 0.6) is 0 Å². The topological polar surface area (TPSA) is 38.9 Å². The van der Waals surface area contributed by atoms with Crippen molar-refractivity contribution in [2.24, 2.45) is 0 Å². The molecule has 2 rings (SSSR count). The number of rotatable bonds is 0. The zero-order valence-corrected chi connectivity index (χ0v) is 8.13. The fraction of sp³-hybridized carbons (Fsp3) is 0.182. The number of pyridine rings is 1. The number of aromatic nitrogens is 1. The lowest BCUT2D eigenvalue weighted by Crippen LogP contribution is -1.96. The van der Waals surface area contributed by atoms with Crippen molar-refractivity contribution in [2.45, 2.75) is 13.8 Å². The van der Waals surface area contributed by atoms with E-state index in [-0.39, 0.29) is 5.82 Å². The van der Waals surface area contributed by atoms with Crippen LogP contribution in [0.15, 0.2) is 18.2 Å². The summed E-state index contributed by atoms with van der Waals surface area (Å²) in [5.74, 6) is -0.310. The second-order valence-corrected chi connectivity index (χ2v) is 3.44. The van der Waals surface area contributed by atoms with E-state index in [4.69, 9.17) is 5.73 Å². The third kappa shape index (κ3) is 1.21. The lowest BCUT2D eigenvalue weighted by atomic mass is 10.1. The summed E-state index contributed by atoms with van der Waals surface area (Å²) in [4.78, 5) is 4.12. The van der Waals surface area contributed by atoms with Gasteiger partial charge in [-0.05, 0) is 37.6 Å². The second-order valence-electron chi connectivity index (χ2n) is 3.44. The maximum absolute atomic E-state index is 13.5. The van der Waals surface area contributed by atoms with Gasteiger partial charge in [0, 0.05) is 16.8 Å². The third-order valence-electron chi connectivity index (χ3n) is 2.32. The molecule has 0 atom stereocenters. The Kier molecular flexibility index (Phi) is 1.88. The average Bonchev–Trinajstić information content (AvgIpc) is 2.14. The molecule has 0 aliphatic rings. The van der Waals surface area contributed by atoms with Gasteiger partial charge in [0.1, 0.15) is 11.3 Å². The predicted octanol–water partition coefficient (Wildman–Crippen LogP) is 2.57. The molecule has 0 unspecified atom stereocenters. The number of halogens is 1. The number of nitrogens with zero attached hydrogens (tertiary/aromatic N) is 1. The fourth-order valence-electron chi connectivity index (χ4n) is 1.50. The fourth-order valence-corrected chi connectivity index (χ4v) is 1.50. The first-order valence-electron chi connectivity index (χ1n) is 4.41. The van der Waals surface area contributed by atoms with Crippen LogP contribution < -0.4 is 5.73 Å². The molecular weight excluding hydrogens is 179 g/mol. The van der Waals surface area contributed by atoms with Gasteiger partial charge in [-0.1, -0.05) is 0 Å². The molecule has 2 aromatic rings. The van der Waals surface area contributed by atoms with Gasteiger partial charge in [0.05, 0.1) is 0 Å². The maximum Gasteiger partial charge on any atom is 0.149 e. The number of nitrogen functional groups attached to an aromatic ring is 1. The molecule has 0 radical (unpaired) electrons. The van der Waals surface area contributed by atoms with Crippen LogP contribution in [0.1, 0.15) is 11.3 Å². The molecule has 0 aliphatic carbocycles. The molecule has 0 fully saturated rings. The van der Waals surface area contributed by atoms with Crippen molar-refractivity contribution in [3.8, 4) is 0 Å². The highest BCUT2D eigenvalue weighted by atomic mass is 19.1. The monoisotopic (exact) mass is 190 g/mol. The van der Waals surface area contributed by atoms with Crippen LogP contribution in [-0.4, -0.2) is 4.98 Å². The van der Waals surface area contributed by atoms with E-state index in [9.17, 15) is 4.39 Å². The summed E-state index contributed by atoms with van der Waals surface area (Å²) in [5, 5.41) is 0.688. The predicted molar refractivity (Wildman–Crippen MR) is 55.6 cm³/mol. The van der Waals surface area contributed by atoms with Crippen molar-refractivity contribution in [3.05, 3.63) is 35.3 Å². The molecule has 1 heterocycles. The molecule has 0 bridgehead atoms. The largest absolute Gasteiger partial charge is 0.398 e. The summed E-state index contributed by atoms with van der Waals surface area (Å²) in [6, 6.07) is 5.06. The van der Waals surface area contributed by atoms with Gasteiger partial charge in [-0.3, -0.25) is 0 Å². The first kappa shape index (κ1) is 8.94. The normalized spacial score (nSPS) is 10.8. The van der Waals surface area contributed by atoms with Gasteiger partial charge < -0.3 is 5.73 Å². The number of fused-ring (bicyclic) bond motifs is 1. The van der Waals surface area contributed by atoms with E-state index in [1.807, 2.05) is 19.1 Å². The minimum absolute atomic E-state index is 0.310. The number of hydrogen-bond acceptors (Lipinski definition) is 2. The highest BCUT2D eigenvalue weighted by molar-refractivity contribution is 5.92. The molecule has 0 aliphatic heterocycles. The van der Waals surface area contributed by atoms with Crippen LogP contribution in [-0.2, 0) is 0 Å². The molecule has 0 saturated carbocycles. The van der Waals surface area contributed by atoms with E-state index in [1.165, 1.54) is 6.07 Å². The van der Waals surface area contributed by atoms with Crippen molar-refractivity contribution >= 4 is 16.6 Å². The van der Waals surface area contributed by atoms with Gasteiger partial charge in [0.25, 0.3) is 0 Å². The highest BCUT2D eigenvalue weighted by Gasteiger charge is 2.08. The molecule has 14 heavy (non-hydrogen) atoms. The minimum atomic E-state index is -0.310. The molecule has 1 aromatic carbocycles. The second kappa shape index (κ2) is 2.94.